The fourth-order valence-corrected chi connectivity index (χ4v) is 2.23. The topological polar surface area (TPSA) is 48.1 Å². The van der Waals surface area contributed by atoms with Gasteiger partial charge >= 0.3 is 0 Å². The molecule has 4 nitrogen and oxygen atoms in total. The third-order valence-electron chi connectivity index (χ3n) is 3.04. The van der Waals surface area contributed by atoms with E-state index in [1.165, 1.54) is 5.56 Å². The number of aromatic nitrogens is 1. The van der Waals surface area contributed by atoms with Crippen molar-refractivity contribution in [3.8, 4) is 0 Å². The zero-order chi connectivity index (χ0) is 15.2. The van der Waals surface area contributed by atoms with E-state index in [4.69, 9.17) is 12.2 Å². The molecular weight excluding hydrogens is 282 g/mol. The summed E-state index contributed by atoms with van der Waals surface area (Å²) in [7, 11) is 4.08. The molecule has 0 unspecified atom stereocenters. The maximum Gasteiger partial charge on any atom is 0.254 e. The number of nitrogens with one attached hydrogen (secondary N) is 2. The second-order valence-corrected chi connectivity index (χ2v) is 5.56. The molecule has 0 saturated carbocycles. The third-order valence-corrected chi connectivity index (χ3v) is 3.38. The van der Waals surface area contributed by atoms with E-state index in [0.29, 0.717) is 16.7 Å². The summed E-state index contributed by atoms with van der Waals surface area (Å²) in [4.78, 5) is 17.0. The van der Waals surface area contributed by atoms with Gasteiger partial charge in [0.1, 0.15) is 4.64 Å². The lowest BCUT2D eigenvalue weighted by Gasteiger charge is -2.10. The number of benzene rings is 1. The molecule has 0 spiro atoms. The highest BCUT2D eigenvalue weighted by Gasteiger charge is 2.06. The van der Waals surface area contributed by atoms with Crippen LogP contribution in [0.15, 0.2) is 42.6 Å². The number of H-pyrrole nitrogens is 1. The molecule has 5 heteroatoms. The van der Waals surface area contributed by atoms with E-state index in [1.807, 2.05) is 26.2 Å². The molecule has 0 aliphatic rings. The number of hydrogen-bond acceptors (Lipinski definition) is 3. The molecule has 21 heavy (non-hydrogen) atoms. The SMILES string of the molecule is CN(C)Cc1ccc(CNC(=O)c2ccc[nH]c2=S)cc1. The second kappa shape index (κ2) is 7.15. The smallest absolute Gasteiger partial charge is 0.254 e. The lowest BCUT2D eigenvalue weighted by atomic mass is 10.1. The first kappa shape index (κ1) is 15.4. The van der Waals surface area contributed by atoms with Gasteiger partial charge in [0.25, 0.3) is 5.91 Å². The summed E-state index contributed by atoms with van der Waals surface area (Å²) < 4.78 is 0.455. The largest absolute Gasteiger partial charge is 0.352 e. The lowest BCUT2D eigenvalue weighted by molar-refractivity contribution is 0.0950. The van der Waals surface area contributed by atoms with Crippen molar-refractivity contribution in [3.05, 3.63) is 63.9 Å². The van der Waals surface area contributed by atoms with E-state index >= 15 is 0 Å². The van der Waals surface area contributed by atoms with Crippen LogP contribution in [-0.4, -0.2) is 29.9 Å². The van der Waals surface area contributed by atoms with Crippen molar-refractivity contribution in [1.29, 1.82) is 0 Å². The molecule has 110 valence electrons. The Labute approximate surface area is 129 Å². The number of carbonyl (C=O) groups excluding carboxylic acids is 1. The fourth-order valence-electron chi connectivity index (χ4n) is 2.01. The van der Waals surface area contributed by atoms with Crippen LogP contribution in [0.4, 0.5) is 0 Å². The summed E-state index contributed by atoms with van der Waals surface area (Å²) >= 11 is 5.10. The first-order valence-electron chi connectivity index (χ1n) is 6.74. The van der Waals surface area contributed by atoms with Crippen LogP contribution in [-0.2, 0) is 13.1 Å². The standard InChI is InChI=1S/C16H19N3OS/c1-19(2)11-13-7-5-12(6-8-13)10-18-15(20)14-4-3-9-17-16(14)21/h3-9H,10-11H2,1-2H3,(H,17,21)(H,18,20). The van der Waals surface area contributed by atoms with Gasteiger partial charge in [-0.25, -0.2) is 0 Å². The predicted molar refractivity (Wildman–Crippen MR) is 86.6 cm³/mol. The maximum atomic E-state index is 12.0. The normalized spacial score (nSPS) is 10.6. The monoisotopic (exact) mass is 301 g/mol. The molecule has 1 aromatic carbocycles. The van der Waals surface area contributed by atoms with Crippen molar-refractivity contribution in [2.45, 2.75) is 13.1 Å². The summed E-state index contributed by atoms with van der Waals surface area (Å²) in [6, 6.07) is 11.7. The van der Waals surface area contributed by atoms with Gasteiger partial charge in [-0.2, -0.15) is 0 Å². The molecule has 0 fully saturated rings. The summed E-state index contributed by atoms with van der Waals surface area (Å²) in [6.45, 7) is 1.40. The van der Waals surface area contributed by atoms with Crippen LogP contribution >= 0.6 is 12.2 Å². The summed E-state index contributed by atoms with van der Waals surface area (Å²) in [5.41, 5.74) is 2.81. The van der Waals surface area contributed by atoms with Crippen LogP contribution in [0, 0.1) is 4.64 Å². The minimum absolute atomic E-state index is 0.158. The fraction of sp³-hybridized carbons (Fsp3) is 0.250. The van der Waals surface area contributed by atoms with Crippen molar-refractivity contribution in [2.24, 2.45) is 0 Å². The zero-order valence-electron chi connectivity index (χ0n) is 12.2. The van der Waals surface area contributed by atoms with Crippen molar-refractivity contribution >= 4 is 18.1 Å². The molecule has 2 aromatic rings. The molecular formula is C16H19N3OS. The van der Waals surface area contributed by atoms with E-state index in [1.54, 1.807) is 18.3 Å². The van der Waals surface area contributed by atoms with E-state index in [-0.39, 0.29) is 5.91 Å². The van der Waals surface area contributed by atoms with Gasteiger partial charge in [0.15, 0.2) is 0 Å². The Morgan fingerprint density at radius 1 is 1.19 bits per heavy atom. The van der Waals surface area contributed by atoms with Gasteiger partial charge < -0.3 is 15.2 Å². The van der Waals surface area contributed by atoms with Crippen LogP contribution in [0.25, 0.3) is 0 Å². The third kappa shape index (κ3) is 4.51. The number of aromatic amines is 1. The van der Waals surface area contributed by atoms with E-state index in [2.05, 4.69) is 27.3 Å². The average molecular weight is 301 g/mol. The zero-order valence-corrected chi connectivity index (χ0v) is 13.0. The van der Waals surface area contributed by atoms with Gasteiger partial charge in [0.2, 0.25) is 0 Å². The van der Waals surface area contributed by atoms with Crippen LogP contribution in [0.2, 0.25) is 0 Å². The number of nitrogens with zero attached hydrogens (tertiary/aromatic N) is 1. The van der Waals surface area contributed by atoms with Crippen molar-refractivity contribution in [1.82, 2.24) is 15.2 Å². The number of pyridine rings is 1. The molecule has 0 aliphatic carbocycles. The number of amides is 1. The van der Waals surface area contributed by atoms with E-state index in [9.17, 15) is 4.79 Å². The predicted octanol–water partition coefficient (Wildman–Crippen LogP) is 2.74. The van der Waals surface area contributed by atoms with Crippen LogP contribution in [0.1, 0.15) is 21.5 Å². The minimum Gasteiger partial charge on any atom is -0.352 e. The quantitative estimate of drug-likeness (QED) is 0.835. The molecule has 0 radical (unpaired) electrons. The molecule has 2 N–H and O–H groups in total. The van der Waals surface area contributed by atoms with Crippen LogP contribution in [0.5, 0.6) is 0 Å². The Morgan fingerprint density at radius 3 is 2.48 bits per heavy atom. The van der Waals surface area contributed by atoms with Crippen LogP contribution < -0.4 is 5.32 Å². The Morgan fingerprint density at radius 2 is 1.86 bits per heavy atom. The van der Waals surface area contributed by atoms with E-state index in [0.717, 1.165) is 12.1 Å². The van der Waals surface area contributed by atoms with Crippen molar-refractivity contribution < 1.29 is 4.79 Å². The highest BCUT2D eigenvalue weighted by Crippen LogP contribution is 2.07. The number of carbonyl (C=O) groups is 1. The molecule has 2 rings (SSSR count). The second-order valence-electron chi connectivity index (χ2n) is 5.15. The summed E-state index contributed by atoms with van der Waals surface area (Å²) in [6.07, 6.45) is 1.71. The number of rotatable bonds is 5. The average Bonchev–Trinajstić information content (AvgIpc) is 2.46. The molecule has 1 aromatic heterocycles. The van der Waals surface area contributed by atoms with Gasteiger partial charge in [0.05, 0.1) is 5.56 Å². The molecule has 1 amide bonds. The maximum absolute atomic E-state index is 12.0. The highest BCUT2D eigenvalue weighted by atomic mass is 32.1. The van der Waals surface area contributed by atoms with Gasteiger partial charge in [-0.05, 0) is 37.4 Å². The highest BCUT2D eigenvalue weighted by molar-refractivity contribution is 7.71. The molecule has 0 bridgehead atoms. The van der Waals surface area contributed by atoms with Gasteiger partial charge in [0, 0.05) is 19.3 Å². The summed E-state index contributed by atoms with van der Waals surface area (Å²) in [5.74, 6) is -0.158. The molecule has 0 saturated heterocycles. The van der Waals surface area contributed by atoms with Gasteiger partial charge in [-0.3, -0.25) is 4.79 Å². The Hall–Kier alpha value is -1.98. The van der Waals surface area contributed by atoms with Crippen molar-refractivity contribution in [3.63, 3.8) is 0 Å². The summed E-state index contributed by atoms with van der Waals surface area (Å²) in [5, 5.41) is 2.88. The van der Waals surface area contributed by atoms with Crippen LogP contribution in [0.3, 0.4) is 0 Å². The van der Waals surface area contributed by atoms with Crippen molar-refractivity contribution in [2.75, 3.05) is 14.1 Å². The number of hydrogen-bond donors (Lipinski definition) is 2. The first-order valence-corrected chi connectivity index (χ1v) is 7.15. The minimum atomic E-state index is -0.158. The lowest BCUT2D eigenvalue weighted by Crippen LogP contribution is -2.23. The molecule has 0 aliphatic heterocycles. The Bertz CT molecular complexity index is 662. The van der Waals surface area contributed by atoms with Gasteiger partial charge in [-0.1, -0.05) is 36.5 Å². The van der Waals surface area contributed by atoms with E-state index < -0.39 is 0 Å². The Kier molecular flexibility index (Phi) is 5.25. The first-order chi connectivity index (χ1) is 10.1. The van der Waals surface area contributed by atoms with Gasteiger partial charge in [-0.15, -0.1) is 0 Å². The molecule has 1 heterocycles. The Balaban J connectivity index is 1.95. The molecule has 0 atom stereocenters.